The third kappa shape index (κ3) is 3.88. The molecule has 1 atom stereocenters. The van der Waals surface area contributed by atoms with Gasteiger partial charge in [0.15, 0.2) is 5.82 Å². The normalized spacial score (nSPS) is 12.5. The highest BCUT2D eigenvalue weighted by Crippen LogP contribution is 2.30. The van der Waals surface area contributed by atoms with Crippen molar-refractivity contribution in [2.75, 3.05) is 7.05 Å². The van der Waals surface area contributed by atoms with Crippen LogP contribution in [0.2, 0.25) is 0 Å². The highest BCUT2D eigenvalue weighted by atomic mass is 19.1. The third-order valence-corrected chi connectivity index (χ3v) is 3.91. The molecule has 0 aliphatic heterocycles. The number of rotatable bonds is 6. The first-order valence-electron chi connectivity index (χ1n) is 7.95. The van der Waals surface area contributed by atoms with Gasteiger partial charge in [-0.2, -0.15) is 4.98 Å². The highest BCUT2D eigenvalue weighted by Gasteiger charge is 2.24. The molecular weight excluding hydrogens is 326 g/mol. The van der Waals surface area contributed by atoms with Crippen molar-refractivity contribution in [1.82, 2.24) is 20.0 Å². The van der Waals surface area contributed by atoms with Gasteiger partial charge in [-0.25, -0.2) is 8.78 Å². The van der Waals surface area contributed by atoms with E-state index in [-0.39, 0.29) is 0 Å². The number of benzene rings is 1. The zero-order valence-electron chi connectivity index (χ0n) is 14.0. The van der Waals surface area contributed by atoms with Crippen LogP contribution in [0.25, 0.3) is 0 Å². The van der Waals surface area contributed by atoms with Gasteiger partial charge >= 0.3 is 0 Å². The summed E-state index contributed by atoms with van der Waals surface area (Å²) in [6.07, 6.45) is 3.98. The second kappa shape index (κ2) is 7.48. The Kier molecular flexibility index (Phi) is 5.14. The van der Waals surface area contributed by atoms with E-state index in [2.05, 4.69) is 15.1 Å². The topological polar surface area (TPSA) is 55.1 Å². The summed E-state index contributed by atoms with van der Waals surface area (Å²) in [5.41, 5.74) is 1.14. The molecule has 0 fully saturated rings. The molecule has 1 unspecified atom stereocenters. The SMILES string of the molecule is CCc1noc(CN(C)C(c2cccnc2)c2ccc(F)cc2F)n1. The van der Waals surface area contributed by atoms with Gasteiger partial charge in [0.2, 0.25) is 5.89 Å². The van der Waals surface area contributed by atoms with Crippen molar-refractivity contribution < 1.29 is 13.3 Å². The quantitative estimate of drug-likeness (QED) is 0.685. The number of pyridine rings is 1. The van der Waals surface area contributed by atoms with E-state index in [1.54, 1.807) is 18.5 Å². The molecule has 2 aromatic heterocycles. The van der Waals surface area contributed by atoms with Crippen LogP contribution in [-0.2, 0) is 13.0 Å². The molecule has 0 radical (unpaired) electrons. The van der Waals surface area contributed by atoms with Crippen molar-refractivity contribution in [2.45, 2.75) is 25.9 Å². The predicted molar refractivity (Wildman–Crippen MR) is 87.6 cm³/mol. The smallest absolute Gasteiger partial charge is 0.240 e. The molecule has 0 saturated heterocycles. The van der Waals surface area contributed by atoms with Crippen molar-refractivity contribution in [3.8, 4) is 0 Å². The summed E-state index contributed by atoms with van der Waals surface area (Å²) in [6, 6.07) is 6.74. The highest BCUT2D eigenvalue weighted by molar-refractivity contribution is 5.31. The summed E-state index contributed by atoms with van der Waals surface area (Å²) in [5.74, 6) is -0.163. The number of hydrogen-bond acceptors (Lipinski definition) is 5. The van der Waals surface area contributed by atoms with Gasteiger partial charge in [-0.3, -0.25) is 9.88 Å². The molecule has 0 spiro atoms. The Hall–Kier alpha value is -2.67. The third-order valence-electron chi connectivity index (χ3n) is 3.91. The molecule has 0 bridgehead atoms. The molecule has 5 nitrogen and oxygen atoms in total. The van der Waals surface area contributed by atoms with E-state index in [0.29, 0.717) is 30.2 Å². The lowest BCUT2D eigenvalue weighted by atomic mass is 9.98. The summed E-state index contributed by atoms with van der Waals surface area (Å²) in [5, 5.41) is 3.87. The Morgan fingerprint density at radius 1 is 1.24 bits per heavy atom. The summed E-state index contributed by atoms with van der Waals surface area (Å²) in [6.45, 7) is 2.26. The molecule has 0 N–H and O–H groups in total. The fourth-order valence-corrected chi connectivity index (χ4v) is 2.74. The number of aryl methyl sites for hydroxylation is 1. The van der Waals surface area contributed by atoms with Crippen LogP contribution in [0.15, 0.2) is 47.2 Å². The number of hydrogen-bond donors (Lipinski definition) is 0. The van der Waals surface area contributed by atoms with E-state index >= 15 is 0 Å². The lowest BCUT2D eigenvalue weighted by Gasteiger charge is -2.27. The van der Waals surface area contributed by atoms with Crippen LogP contribution in [0, 0.1) is 11.6 Å². The second-order valence-corrected chi connectivity index (χ2v) is 5.73. The first kappa shape index (κ1) is 17.2. The van der Waals surface area contributed by atoms with Crippen molar-refractivity contribution in [3.63, 3.8) is 0 Å². The average molecular weight is 344 g/mol. The molecule has 7 heteroatoms. The molecule has 0 aliphatic rings. The second-order valence-electron chi connectivity index (χ2n) is 5.73. The lowest BCUT2D eigenvalue weighted by molar-refractivity contribution is 0.225. The molecule has 0 saturated carbocycles. The van der Waals surface area contributed by atoms with Gasteiger partial charge in [0, 0.05) is 30.4 Å². The van der Waals surface area contributed by atoms with E-state index in [0.717, 1.165) is 11.6 Å². The minimum atomic E-state index is -0.613. The largest absolute Gasteiger partial charge is 0.338 e. The van der Waals surface area contributed by atoms with Crippen molar-refractivity contribution in [3.05, 3.63) is 77.2 Å². The average Bonchev–Trinajstić information content (AvgIpc) is 3.05. The van der Waals surface area contributed by atoms with Crippen LogP contribution in [-0.4, -0.2) is 27.1 Å². The van der Waals surface area contributed by atoms with Gasteiger partial charge in [0.25, 0.3) is 0 Å². The molecular formula is C18H18F2N4O. The van der Waals surface area contributed by atoms with E-state index in [9.17, 15) is 8.78 Å². The molecule has 25 heavy (non-hydrogen) atoms. The summed E-state index contributed by atoms with van der Waals surface area (Å²) < 4.78 is 32.9. The molecule has 3 rings (SSSR count). The van der Waals surface area contributed by atoms with Gasteiger partial charge in [0.1, 0.15) is 11.6 Å². The van der Waals surface area contributed by atoms with E-state index in [1.165, 1.54) is 12.1 Å². The molecule has 0 amide bonds. The monoisotopic (exact) mass is 344 g/mol. The van der Waals surface area contributed by atoms with E-state index in [4.69, 9.17) is 4.52 Å². The maximum Gasteiger partial charge on any atom is 0.240 e. The first-order valence-corrected chi connectivity index (χ1v) is 7.95. The minimum Gasteiger partial charge on any atom is -0.338 e. The van der Waals surface area contributed by atoms with Crippen LogP contribution >= 0.6 is 0 Å². The van der Waals surface area contributed by atoms with Crippen LogP contribution in [0.4, 0.5) is 8.78 Å². The minimum absolute atomic E-state index is 0.323. The maximum absolute atomic E-state index is 14.4. The van der Waals surface area contributed by atoms with Gasteiger partial charge in [0.05, 0.1) is 12.6 Å². The fraction of sp³-hybridized carbons (Fsp3) is 0.278. The van der Waals surface area contributed by atoms with Crippen molar-refractivity contribution in [2.24, 2.45) is 0 Å². The lowest BCUT2D eigenvalue weighted by Crippen LogP contribution is -2.26. The van der Waals surface area contributed by atoms with Crippen LogP contribution < -0.4 is 0 Å². The zero-order chi connectivity index (χ0) is 17.8. The van der Waals surface area contributed by atoms with Crippen LogP contribution in [0.3, 0.4) is 0 Å². The van der Waals surface area contributed by atoms with E-state index in [1.807, 2.05) is 24.9 Å². The summed E-state index contributed by atoms with van der Waals surface area (Å²) >= 11 is 0. The summed E-state index contributed by atoms with van der Waals surface area (Å²) in [7, 11) is 1.82. The first-order chi connectivity index (χ1) is 12.1. The Bertz CT molecular complexity index is 838. The predicted octanol–water partition coefficient (Wildman–Crippen LogP) is 3.53. The fourth-order valence-electron chi connectivity index (χ4n) is 2.74. The van der Waals surface area contributed by atoms with Crippen LogP contribution in [0.1, 0.15) is 35.8 Å². The molecule has 1 aromatic carbocycles. The van der Waals surface area contributed by atoms with Crippen molar-refractivity contribution in [1.29, 1.82) is 0 Å². The molecule has 130 valence electrons. The van der Waals surface area contributed by atoms with E-state index < -0.39 is 17.7 Å². The standard InChI is InChI=1S/C18H18F2N4O/c1-3-16-22-17(25-23-16)11-24(2)18(12-5-4-8-21-10-12)14-7-6-13(19)9-15(14)20/h4-10,18H,3,11H2,1-2H3. The zero-order valence-corrected chi connectivity index (χ0v) is 14.0. The van der Waals surface area contributed by atoms with Gasteiger partial charge in [-0.05, 0) is 24.7 Å². The van der Waals surface area contributed by atoms with Gasteiger partial charge in [-0.1, -0.05) is 24.2 Å². The van der Waals surface area contributed by atoms with Crippen LogP contribution in [0.5, 0.6) is 0 Å². The number of aromatic nitrogens is 3. The molecule has 3 aromatic rings. The maximum atomic E-state index is 14.4. The number of halogens is 2. The van der Waals surface area contributed by atoms with Gasteiger partial charge in [-0.15, -0.1) is 0 Å². The molecule has 0 aliphatic carbocycles. The number of nitrogens with zero attached hydrogens (tertiary/aromatic N) is 4. The Labute approximate surface area is 144 Å². The summed E-state index contributed by atoms with van der Waals surface area (Å²) in [4.78, 5) is 10.3. The van der Waals surface area contributed by atoms with Gasteiger partial charge < -0.3 is 4.52 Å². The molecule has 2 heterocycles. The Morgan fingerprint density at radius 3 is 2.72 bits per heavy atom. The van der Waals surface area contributed by atoms with Crippen molar-refractivity contribution >= 4 is 0 Å². The Balaban J connectivity index is 1.95. The Morgan fingerprint density at radius 2 is 2.08 bits per heavy atom.